The number of carbonyl (C=O) groups is 1. The summed E-state index contributed by atoms with van der Waals surface area (Å²) in [7, 11) is 1.50. The predicted octanol–water partition coefficient (Wildman–Crippen LogP) is 3.47. The van der Waals surface area contributed by atoms with E-state index < -0.39 is 6.09 Å². The van der Waals surface area contributed by atoms with Crippen molar-refractivity contribution < 1.29 is 14.6 Å². The maximum atomic E-state index is 10.8. The summed E-state index contributed by atoms with van der Waals surface area (Å²) in [4.78, 5) is 19.3. The standard InChI is InChI=1S/C16H15N3O3/c1-19(16(20)21)10-12-9-14(5-7-17-12)22-13-2-3-15-11(8-13)4-6-18-15/h2-9,18H,10H2,1H3,(H,20,21). The maximum absolute atomic E-state index is 10.8. The molecule has 3 rings (SSSR count). The summed E-state index contributed by atoms with van der Waals surface area (Å²) in [6, 6.07) is 11.2. The molecular weight excluding hydrogens is 282 g/mol. The highest BCUT2D eigenvalue weighted by molar-refractivity contribution is 5.80. The molecule has 2 heterocycles. The van der Waals surface area contributed by atoms with E-state index in [0.717, 1.165) is 21.6 Å². The number of H-pyrrole nitrogens is 1. The van der Waals surface area contributed by atoms with E-state index in [1.165, 1.54) is 7.05 Å². The maximum Gasteiger partial charge on any atom is 0.407 e. The van der Waals surface area contributed by atoms with Crippen LogP contribution in [-0.4, -0.2) is 33.1 Å². The van der Waals surface area contributed by atoms with Crippen molar-refractivity contribution in [2.24, 2.45) is 0 Å². The van der Waals surface area contributed by atoms with Crippen LogP contribution in [0.25, 0.3) is 10.9 Å². The van der Waals surface area contributed by atoms with Gasteiger partial charge in [-0.3, -0.25) is 4.98 Å². The van der Waals surface area contributed by atoms with E-state index in [0.29, 0.717) is 11.4 Å². The smallest absolute Gasteiger partial charge is 0.407 e. The molecule has 0 aliphatic heterocycles. The summed E-state index contributed by atoms with van der Waals surface area (Å²) < 4.78 is 5.82. The minimum atomic E-state index is -0.994. The summed E-state index contributed by atoms with van der Waals surface area (Å²) in [5.41, 5.74) is 1.68. The van der Waals surface area contributed by atoms with E-state index in [9.17, 15) is 4.79 Å². The molecule has 3 aromatic rings. The molecule has 0 spiro atoms. The van der Waals surface area contributed by atoms with Gasteiger partial charge in [-0.1, -0.05) is 0 Å². The molecule has 6 nitrogen and oxygen atoms in total. The van der Waals surface area contributed by atoms with Crippen molar-refractivity contribution in [3.8, 4) is 11.5 Å². The van der Waals surface area contributed by atoms with Crippen LogP contribution in [0.2, 0.25) is 0 Å². The monoisotopic (exact) mass is 297 g/mol. The lowest BCUT2D eigenvalue weighted by Crippen LogP contribution is -2.24. The van der Waals surface area contributed by atoms with Gasteiger partial charge in [-0.15, -0.1) is 0 Å². The molecule has 0 fully saturated rings. The van der Waals surface area contributed by atoms with Crippen molar-refractivity contribution in [2.75, 3.05) is 7.05 Å². The largest absolute Gasteiger partial charge is 0.465 e. The van der Waals surface area contributed by atoms with Gasteiger partial charge < -0.3 is 19.7 Å². The highest BCUT2D eigenvalue weighted by Gasteiger charge is 2.08. The summed E-state index contributed by atoms with van der Waals surface area (Å²) in [6.45, 7) is 0.212. The molecule has 0 saturated heterocycles. The third-order valence-electron chi connectivity index (χ3n) is 3.27. The summed E-state index contributed by atoms with van der Waals surface area (Å²) in [6.07, 6.45) is 2.49. The van der Waals surface area contributed by atoms with Crippen LogP contribution >= 0.6 is 0 Å². The Hall–Kier alpha value is -3.02. The van der Waals surface area contributed by atoms with Gasteiger partial charge in [-0.25, -0.2) is 4.79 Å². The van der Waals surface area contributed by atoms with Crippen molar-refractivity contribution in [3.05, 3.63) is 54.5 Å². The van der Waals surface area contributed by atoms with Crippen LogP contribution < -0.4 is 4.74 Å². The fourth-order valence-corrected chi connectivity index (χ4v) is 2.15. The number of aromatic nitrogens is 2. The summed E-state index contributed by atoms with van der Waals surface area (Å²) in [5, 5.41) is 9.96. The number of nitrogens with one attached hydrogen (secondary N) is 1. The topological polar surface area (TPSA) is 78.5 Å². The number of hydrogen-bond acceptors (Lipinski definition) is 3. The Morgan fingerprint density at radius 1 is 1.27 bits per heavy atom. The lowest BCUT2D eigenvalue weighted by molar-refractivity contribution is 0.153. The van der Waals surface area contributed by atoms with Gasteiger partial charge in [-0.2, -0.15) is 0 Å². The van der Waals surface area contributed by atoms with E-state index in [4.69, 9.17) is 9.84 Å². The van der Waals surface area contributed by atoms with Gasteiger partial charge >= 0.3 is 6.09 Å². The number of hydrogen-bond donors (Lipinski definition) is 2. The fourth-order valence-electron chi connectivity index (χ4n) is 2.15. The molecule has 0 aliphatic carbocycles. The zero-order valence-electron chi connectivity index (χ0n) is 12.0. The van der Waals surface area contributed by atoms with Crippen molar-refractivity contribution >= 4 is 17.0 Å². The molecule has 1 amide bonds. The fraction of sp³-hybridized carbons (Fsp3) is 0.125. The molecule has 112 valence electrons. The Morgan fingerprint density at radius 2 is 2.09 bits per heavy atom. The van der Waals surface area contributed by atoms with Gasteiger partial charge in [0.15, 0.2) is 0 Å². The predicted molar refractivity (Wildman–Crippen MR) is 82.1 cm³/mol. The summed E-state index contributed by atoms with van der Waals surface area (Å²) >= 11 is 0. The number of amides is 1. The van der Waals surface area contributed by atoms with Crippen molar-refractivity contribution in [1.82, 2.24) is 14.9 Å². The number of nitrogens with zero attached hydrogens (tertiary/aromatic N) is 2. The van der Waals surface area contributed by atoms with Crippen LogP contribution in [0.4, 0.5) is 4.79 Å². The first-order valence-corrected chi connectivity index (χ1v) is 6.76. The zero-order chi connectivity index (χ0) is 15.5. The second kappa shape index (κ2) is 5.77. The molecule has 0 saturated carbocycles. The molecule has 0 bridgehead atoms. The molecule has 0 aliphatic rings. The molecule has 2 aromatic heterocycles. The number of carboxylic acid groups (broad SMARTS) is 1. The average molecular weight is 297 g/mol. The Morgan fingerprint density at radius 3 is 2.91 bits per heavy atom. The van der Waals surface area contributed by atoms with Gasteiger partial charge in [0.1, 0.15) is 11.5 Å². The molecule has 1 aromatic carbocycles. The highest BCUT2D eigenvalue weighted by Crippen LogP contribution is 2.25. The lowest BCUT2D eigenvalue weighted by atomic mass is 10.2. The van der Waals surface area contributed by atoms with Crippen LogP contribution in [0.1, 0.15) is 5.69 Å². The van der Waals surface area contributed by atoms with Crippen LogP contribution in [0.5, 0.6) is 11.5 Å². The first-order chi connectivity index (χ1) is 10.6. The van der Waals surface area contributed by atoms with E-state index >= 15 is 0 Å². The van der Waals surface area contributed by atoms with Gasteiger partial charge in [0, 0.05) is 36.4 Å². The first-order valence-electron chi connectivity index (χ1n) is 6.76. The molecule has 0 atom stereocenters. The Bertz CT molecular complexity index is 813. The highest BCUT2D eigenvalue weighted by atomic mass is 16.5. The molecule has 0 radical (unpaired) electrons. The van der Waals surface area contributed by atoms with E-state index in [1.54, 1.807) is 18.3 Å². The Balaban J connectivity index is 1.78. The van der Waals surface area contributed by atoms with Crippen molar-refractivity contribution in [2.45, 2.75) is 6.54 Å². The molecule has 6 heteroatoms. The Kier molecular flexibility index (Phi) is 3.65. The molecule has 2 N–H and O–H groups in total. The number of aromatic amines is 1. The molecular formula is C16H15N3O3. The average Bonchev–Trinajstić information content (AvgIpc) is 2.95. The third kappa shape index (κ3) is 3.01. The summed E-state index contributed by atoms with van der Waals surface area (Å²) in [5.74, 6) is 1.34. The SMILES string of the molecule is CN(Cc1cc(Oc2ccc3[nH]ccc3c2)ccn1)C(=O)O. The zero-order valence-corrected chi connectivity index (χ0v) is 12.0. The van der Waals surface area contributed by atoms with Crippen molar-refractivity contribution in [1.29, 1.82) is 0 Å². The Labute approximate surface area is 127 Å². The normalized spacial score (nSPS) is 10.6. The van der Waals surface area contributed by atoms with E-state index in [1.807, 2.05) is 30.5 Å². The quantitative estimate of drug-likeness (QED) is 0.773. The van der Waals surface area contributed by atoms with E-state index in [2.05, 4.69) is 9.97 Å². The minimum absolute atomic E-state index is 0.212. The number of fused-ring (bicyclic) bond motifs is 1. The molecule has 0 unspecified atom stereocenters. The van der Waals surface area contributed by atoms with Crippen LogP contribution in [0.15, 0.2) is 48.8 Å². The van der Waals surface area contributed by atoms with Crippen molar-refractivity contribution in [3.63, 3.8) is 0 Å². The van der Waals surface area contributed by atoms with Gasteiger partial charge in [-0.05, 0) is 30.3 Å². The van der Waals surface area contributed by atoms with Gasteiger partial charge in [0.25, 0.3) is 0 Å². The molecule has 22 heavy (non-hydrogen) atoms. The van der Waals surface area contributed by atoms with E-state index in [-0.39, 0.29) is 6.54 Å². The number of benzene rings is 1. The number of ether oxygens (including phenoxy) is 1. The minimum Gasteiger partial charge on any atom is -0.465 e. The number of rotatable bonds is 4. The third-order valence-corrected chi connectivity index (χ3v) is 3.27. The second-order valence-electron chi connectivity index (χ2n) is 4.95. The van der Waals surface area contributed by atoms with Gasteiger partial charge in [0.2, 0.25) is 0 Å². The lowest BCUT2D eigenvalue weighted by Gasteiger charge is -2.13. The van der Waals surface area contributed by atoms with Crippen LogP contribution in [0, 0.1) is 0 Å². The second-order valence-corrected chi connectivity index (χ2v) is 4.95. The van der Waals surface area contributed by atoms with Crippen LogP contribution in [-0.2, 0) is 6.54 Å². The van der Waals surface area contributed by atoms with Gasteiger partial charge in [0.05, 0.1) is 12.2 Å². The van der Waals surface area contributed by atoms with Crippen LogP contribution in [0.3, 0.4) is 0 Å². The first kappa shape index (κ1) is 13.9. The number of pyridine rings is 1.